The van der Waals surface area contributed by atoms with Crippen LogP contribution in [0.15, 0.2) is 95.2 Å². The number of nitrogens with zero attached hydrogens (tertiary/aromatic N) is 6. The fraction of sp³-hybridized carbons (Fsp3) is 0.560. The van der Waals surface area contributed by atoms with Crippen molar-refractivity contribution in [3.05, 3.63) is 134 Å². The van der Waals surface area contributed by atoms with Gasteiger partial charge >= 0.3 is 7.82 Å². The number of fused-ring (bicyclic) bond motifs is 11. The Hall–Kier alpha value is -8.05. The molecule has 7 heterocycles. The van der Waals surface area contributed by atoms with Crippen molar-refractivity contribution in [2.24, 2.45) is 79.7 Å². The number of phosphoric ester groups is 1. The number of aryl methyl sites for hydroxylation is 2. The molecule has 29 nitrogen and oxygen atoms in total. The summed E-state index contributed by atoms with van der Waals surface area (Å²) in [5, 5.41) is 49.0. The Morgan fingerprint density at radius 3 is 1.98 bits per heavy atom. The largest absolute Gasteiger partial charge is 0.685 e. The van der Waals surface area contributed by atoms with Crippen LogP contribution in [0.5, 0.6) is 5.75 Å². The van der Waals surface area contributed by atoms with Gasteiger partial charge < -0.3 is 101 Å². The quantitative estimate of drug-likeness (QED) is 0.00789. The molecule has 18 atom stereocenters. The minimum Gasteiger partial charge on any atom is -0.685 e. The summed E-state index contributed by atoms with van der Waals surface area (Å²) in [7, 11) is -5.06. The molecule has 4 aromatic rings. The van der Waals surface area contributed by atoms with Crippen molar-refractivity contribution < 1.29 is 97.9 Å². The normalized spacial score (nSPS) is 32.6. The van der Waals surface area contributed by atoms with E-state index in [-0.39, 0.29) is 94.0 Å². The van der Waals surface area contributed by atoms with E-state index in [0.29, 0.717) is 45.0 Å². The average molecular weight is 1530 g/mol. The number of amides is 7. The Bertz CT molecular complexity index is 4270. The molecular weight excluding hydrogens is 1430 g/mol. The number of ether oxygens (including phenoxy) is 2. The minimum atomic E-state index is -5.06. The monoisotopic (exact) mass is 1530 g/mol. The van der Waals surface area contributed by atoms with Crippen molar-refractivity contribution in [3.63, 3.8) is 0 Å². The Kier molecular flexibility index (Phi) is 25.9. The molecule has 5 saturated heterocycles. The molecule has 0 saturated carbocycles. The fourth-order valence-corrected chi connectivity index (χ4v) is 18.6. The van der Waals surface area contributed by atoms with Gasteiger partial charge in [0.25, 0.3) is 0 Å². The standard InChI is InChI=1S/C62H92N13O14P.C13H7O2.Co/c1-29-20-39-40(21-30(29)2)75(28-70-39)57-52(84)53(41(27-76)87-57)89-90(85,86)88-31(3)26-69-49(83)18-19-59(8)37(22-46(66)80)56-62(11)61(10,25-48(68)82)36(14-17-45(65)79)51(74-62)33(5)55-60(9,24-47(67)81)34(12-15-43(63)77)38(71-55)23-42-58(6,7)35(13-16-44(64)78)50(72-42)32(4)54(59)73-56;1-2-13(14)15-12-8-7-10-5-3-4-6-11(10)9-12;/h20-21,23,28,31,34-37,41-42,50-53,56-57,76,84H,12-19,22,24-27H2,1-11H3,(H14,63,64,65,66,67,68,69,77,78,79,80,81,82,83,85,86);3-9H;/q-4;-1;/b38-23-,54-32-,55-33-;;/t31-,34-,35-,36-,37+,41-,42?,50?,51?,52-,53-,56-,57+,59-,60+,61+,62+;;/m1../s1. The zero-order valence-electron chi connectivity index (χ0n) is 61.6. The summed E-state index contributed by atoms with van der Waals surface area (Å²) >= 11 is 0. The second kappa shape index (κ2) is 32.8. The van der Waals surface area contributed by atoms with E-state index in [0.717, 1.165) is 21.9 Å². The van der Waals surface area contributed by atoms with Gasteiger partial charge in [0, 0.05) is 68.3 Å². The molecule has 579 valence electrons. The molecular formula is C75H99CoN13O16P-5. The summed E-state index contributed by atoms with van der Waals surface area (Å²) in [5.41, 5.74) is 36.2. The number of allylic oxidation sites excluding steroid dienone is 3. The summed E-state index contributed by atoms with van der Waals surface area (Å²) in [4.78, 5) is 120. The van der Waals surface area contributed by atoms with Gasteiger partial charge in [-0.1, -0.05) is 71.9 Å². The van der Waals surface area contributed by atoms with Gasteiger partial charge in [0.15, 0.2) is 6.23 Å². The number of esters is 1. The van der Waals surface area contributed by atoms with Crippen LogP contribution >= 0.6 is 7.82 Å². The predicted molar refractivity (Wildman–Crippen MR) is 387 cm³/mol. The predicted octanol–water partition coefficient (Wildman–Crippen LogP) is 6.23. The van der Waals surface area contributed by atoms with Crippen molar-refractivity contribution in [3.8, 4) is 11.7 Å². The second-order valence-corrected chi connectivity index (χ2v) is 32.0. The second-order valence-electron chi connectivity index (χ2n) is 30.6. The van der Waals surface area contributed by atoms with Gasteiger partial charge in [-0.2, -0.15) is 17.1 Å². The van der Waals surface area contributed by atoms with Crippen molar-refractivity contribution in [1.82, 2.24) is 10.3 Å². The maximum Gasteiger partial charge on any atom is 0.472 e. The van der Waals surface area contributed by atoms with Crippen molar-refractivity contribution in [2.45, 2.75) is 207 Å². The molecule has 31 heteroatoms. The number of rotatable bonds is 27. The van der Waals surface area contributed by atoms with Crippen LogP contribution in [0.1, 0.15) is 150 Å². The number of hydrogen-bond acceptors (Lipinski definition) is 15. The topological polar surface area (TPSA) is 494 Å². The Balaban J connectivity index is 0.000000783. The smallest absolute Gasteiger partial charge is 0.472 e. The van der Waals surface area contributed by atoms with Crippen LogP contribution in [0.3, 0.4) is 0 Å². The van der Waals surface area contributed by atoms with E-state index in [9.17, 15) is 58.0 Å². The molecule has 7 amide bonds. The Morgan fingerprint density at radius 2 is 1.37 bits per heavy atom. The maximum atomic E-state index is 14.4. The van der Waals surface area contributed by atoms with Crippen LogP contribution in [0, 0.1) is 71.5 Å². The molecule has 1 aromatic heterocycles. The first-order chi connectivity index (χ1) is 49.1. The van der Waals surface area contributed by atoms with Crippen molar-refractivity contribution >= 4 is 76.9 Å². The van der Waals surface area contributed by atoms with Crippen molar-refractivity contribution in [1.29, 1.82) is 0 Å². The molecule has 106 heavy (non-hydrogen) atoms. The third-order valence-electron chi connectivity index (χ3n) is 23.2. The van der Waals surface area contributed by atoms with Gasteiger partial charge in [0.05, 0.1) is 30.1 Å². The number of nitrogens with one attached hydrogen (secondary N) is 1. The number of benzene rings is 3. The van der Waals surface area contributed by atoms with E-state index < -0.39 is 167 Å². The minimum absolute atomic E-state index is 0. The number of carbonyl (C=O) groups is 8. The number of aliphatic hydroxyl groups is 2. The Morgan fingerprint density at radius 1 is 0.755 bits per heavy atom. The SMILES string of the molecule is C/C1=C2/[N-][C@H]([C@H](CC(N)=O)[C@@]2(C)CCC(=O)NC[C@@H](C)OP(=O)(O)O[C@H]2[C@@H](O)[C@@H]([n+]3c[n-]c4cc(C)c(C)cc43)O[C@@H]2CO)[C@]2(C)[N-]C(/C(C)=C3\[N-]/C(=C\C4[N-]C1[C@@H](CCC(N)=O)C4(C)C)[C@@H](CCC(N)=O)[C@]3(C)CC(N)=O)[C@@H](CCC(N)=O)[C@]2(C)CC(N)=O.[C-]#CC(=O)Oc1ccc2ccccc2c1.[Co]. The van der Waals surface area contributed by atoms with Crippen LogP contribution in [0.2, 0.25) is 0 Å². The first kappa shape index (κ1) is 83.6. The third kappa shape index (κ3) is 17.1. The van der Waals surface area contributed by atoms with Crippen LogP contribution in [-0.4, -0.2) is 130 Å². The van der Waals surface area contributed by atoms with Crippen LogP contribution in [0.25, 0.3) is 43.1 Å². The number of aliphatic hydroxyl groups excluding tert-OH is 2. The molecule has 10 rings (SSSR count). The number of carbonyl (C=O) groups excluding carboxylic acids is 8. The summed E-state index contributed by atoms with van der Waals surface area (Å²) in [5.74, 6) is -5.62. The van der Waals surface area contributed by atoms with E-state index in [1.807, 2.05) is 118 Å². The Labute approximate surface area is 627 Å². The van der Waals surface area contributed by atoms with Gasteiger partial charge in [-0.15, -0.1) is 46.9 Å². The van der Waals surface area contributed by atoms with E-state index in [1.165, 1.54) is 13.3 Å². The van der Waals surface area contributed by atoms with E-state index in [2.05, 4.69) is 10.3 Å². The van der Waals surface area contributed by atoms with Crippen LogP contribution in [-0.2, 0) is 73.5 Å². The van der Waals surface area contributed by atoms with Crippen molar-refractivity contribution in [2.75, 3.05) is 13.2 Å². The van der Waals surface area contributed by atoms with E-state index in [1.54, 1.807) is 22.6 Å². The number of phosphoric acid groups is 1. The molecule has 0 aliphatic carbocycles. The van der Waals surface area contributed by atoms with Gasteiger partial charge in [0.1, 0.15) is 24.1 Å². The first-order valence-corrected chi connectivity index (χ1v) is 36.8. The summed E-state index contributed by atoms with van der Waals surface area (Å²) < 4.78 is 37.1. The molecule has 8 bridgehead atoms. The molecule has 1 radical (unpaired) electrons. The number of primary amides is 6. The van der Waals surface area contributed by atoms with Gasteiger partial charge in [0.2, 0.25) is 47.3 Å². The first-order valence-electron chi connectivity index (χ1n) is 35.3. The third-order valence-corrected chi connectivity index (χ3v) is 24.4. The summed E-state index contributed by atoms with van der Waals surface area (Å²) in [6, 6.07) is 13.6. The maximum absolute atomic E-state index is 14.4. The van der Waals surface area contributed by atoms with Gasteiger partial charge in [-0.25, -0.2) is 15.5 Å². The van der Waals surface area contributed by atoms with E-state index in [4.69, 9.17) is 80.6 Å². The zero-order chi connectivity index (χ0) is 77.4. The molecule has 6 aliphatic rings. The molecule has 3 aromatic carbocycles. The van der Waals surface area contributed by atoms with Gasteiger partial charge in [-0.3, -0.25) is 42.6 Å². The average Bonchev–Trinajstić information content (AvgIpc) is 1.53. The van der Waals surface area contributed by atoms with Crippen LogP contribution in [0.4, 0.5) is 0 Å². The summed E-state index contributed by atoms with van der Waals surface area (Å²) in [6.07, 6.45) is 2.61. The number of aromatic nitrogens is 2. The number of imidazole rings is 1. The molecule has 4 unspecified atom stereocenters. The fourth-order valence-electron chi connectivity index (χ4n) is 17.5. The molecule has 6 aliphatic heterocycles. The zero-order valence-corrected chi connectivity index (χ0v) is 63.6. The molecule has 5 fully saturated rings. The number of hydrogen-bond donors (Lipinski definition) is 10. The molecule has 0 spiro atoms. The number of nitrogens with two attached hydrogens (primary N) is 6. The van der Waals surface area contributed by atoms with Gasteiger partial charge in [-0.05, 0) is 152 Å². The van der Waals surface area contributed by atoms with E-state index >= 15 is 0 Å². The summed E-state index contributed by atoms with van der Waals surface area (Å²) in [6.45, 7) is 19.5. The molecule has 16 N–H and O–H groups in total. The van der Waals surface area contributed by atoms with Crippen LogP contribution < -0.4 is 54.0 Å².